The SMILES string of the molecule is CCOCCOCC(=O)CCCC[N+](C)(C)Cc1ccc(C[N+](C)(C)CCCNC(=O)COCCOCC)cc1.[Br-].[Br-]. The maximum absolute atomic E-state index is 12.0. The van der Waals surface area contributed by atoms with Crippen molar-refractivity contribution in [1.82, 2.24) is 5.32 Å². The monoisotopic (exact) mass is 725 g/mol. The van der Waals surface area contributed by atoms with Gasteiger partial charge in [0, 0.05) is 43.7 Å². The van der Waals surface area contributed by atoms with Crippen molar-refractivity contribution in [3.63, 3.8) is 0 Å². The van der Waals surface area contributed by atoms with Crippen molar-refractivity contribution in [2.24, 2.45) is 0 Å². The Morgan fingerprint density at radius 2 is 1.12 bits per heavy atom. The molecule has 0 bridgehead atoms. The fourth-order valence-corrected chi connectivity index (χ4v) is 4.49. The minimum atomic E-state index is -0.0779. The summed E-state index contributed by atoms with van der Waals surface area (Å²) in [6, 6.07) is 8.95. The van der Waals surface area contributed by atoms with Crippen molar-refractivity contribution < 1.29 is 71.5 Å². The van der Waals surface area contributed by atoms with Crippen LogP contribution in [0.25, 0.3) is 0 Å². The minimum absolute atomic E-state index is 0. The number of rotatable bonds is 25. The number of nitrogens with one attached hydrogen (secondary N) is 1. The molecular weight excluding hydrogens is 670 g/mol. The largest absolute Gasteiger partial charge is 1.00 e. The Balaban J connectivity index is 0. The molecular formula is C31H57Br2N3O6. The van der Waals surface area contributed by atoms with Crippen molar-refractivity contribution in [3.8, 4) is 0 Å². The third kappa shape index (κ3) is 23.5. The Bertz CT molecular complexity index is 758. The molecule has 0 aliphatic heterocycles. The number of hydrogen-bond acceptors (Lipinski definition) is 6. The van der Waals surface area contributed by atoms with Crippen LogP contribution in [-0.4, -0.2) is 121 Å². The second-order valence-corrected chi connectivity index (χ2v) is 11.6. The van der Waals surface area contributed by atoms with E-state index in [-0.39, 0.29) is 58.9 Å². The number of benzene rings is 1. The van der Waals surface area contributed by atoms with Crippen molar-refractivity contribution in [3.05, 3.63) is 35.4 Å². The Hall–Kier alpha value is -0.920. The highest BCUT2D eigenvalue weighted by Gasteiger charge is 2.18. The lowest BCUT2D eigenvalue weighted by atomic mass is 10.1. The minimum Gasteiger partial charge on any atom is -1.00 e. The molecule has 0 aliphatic rings. The van der Waals surface area contributed by atoms with Crippen LogP contribution in [0, 0.1) is 0 Å². The van der Waals surface area contributed by atoms with E-state index in [0.717, 1.165) is 54.4 Å². The quantitative estimate of drug-likeness (QED) is 0.0867. The van der Waals surface area contributed by atoms with Gasteiger partial charge in [-0.15, -0.1) is 0 Å². The molecule has 1 aromatic carbocycles. The predicted molar refractivity (Wildman–Crippen MR) is 159 cm³/mol. The summed E-state index contributed by atoms with van der Waals surface area (Å²) >= 11 is 0. The van der Waals surface area contributed by atoms with E-state index in [4.69, 9.17) is 18.9 Å². The van der Waals surface area contributed by atoms with Crippen LogP contribution in [0.2, 0.25) is 0 Å². The van der Waals surface area contributed by atoms with Gasteiger partial charge in [0.15, 0.2) is 5.78 Å². The van der Waals surface area contributed by atoms with Gasteiger partial charge < -0.3 is 67.2 Å². The number of quaternary nitrogens is 2. The molecule has 1 amide bonds. The maximum Gasteiger partial charge on any atom is 0.246 e. The third-order valence-electron chi connectivity index (χ3n) is 6.62. The molecule has 1 rings (SSSR count). The molecule has 0 spiro atoms. The molecule has 1 N–H and O–H groups in total. The number of nitrogens with zero attached hydrogens (tertiary/aromatic N) is 2. The summed E-state index contributed by atoms with van der Waals surface area (Å²) < 4.78 is 22.8. The van der Waals surface area contributed by atoms with Crippen LogP contribution in [0.15, 0.2) is 24.3 Å². The standard InChI is InChI=1S/C31H56N3O6.2BrH/c1-7-37-20-22-39-26-30(35)12-9-10-18-33(3,4)24-28-13-15-29(16-14-28)25-34(5,6)19-11-17-32-31(36)27-40-23-21-38-8-2;;/h13-16H,7-12,17-27H2,1-6H3;2*1H/q+1;;/p-1. The molecule has 0 fully saturated rings. The Labute approximate surface area is 276 Å². The smallest absolute Gasteiger partial charge is 0.246 e. The average Bonchev–Trinajstić information content (AvgIpc) is 2.90. The highest BCUT2D eigenvalue weighted by molar-refractivity contribution is 5.79. The Kier molecular flexibility index (Phi) is 26.1. The van der Waals surface area contributed by atoms with E-state index < -0.39 is 0 Å². The molecule has 11 heteroatoms. The van der Waals surface area contributed by atoms with Crippen LogP contribution < -0.4 is 39.3 Å². The van der Waals surface area contributed by atoms with Gasteiger partial charge in [-0.25, -0.2) is 0 Å². The van der Waals surface area contributed by atoms with Crippen molar-refractivity contribution in [1.29, 1.82) is 0 Å². The summed E-state index contributed by atoms with van der Waals surface area (Å²) in [5.41, 5.74) is 2.64. The van der Waals surface area contributed by atoms with Crippen LogP contribution >= 0.6 is 0 Å². The van der Waals surface area contributed by atoms with Crippen molar-refractivity contribution in [2.75, 3.05) is 101 Å². The second-order valence-electron chi connectivity index (χ2n) is 11.6. The zero-order valence-electron chi connectivity index (χ0n) is 26.9. The van der Waals surface area contributed by atoms with Crippen LogP contribution in [0.3, 0.4) is 0 Å². The average molecular weight is 728 g/mol. The van der Waals surface area contributed by atoms with E-state index in [1.165, 1.54) is 11.1 Å². The number of carbonyl (C=O) groups excluding carboxylic acids is 2. The van der Waals surface area contributed by atoms with Gasteiger partial charge in [0.1, 0.15) is 26.3 Å². The molecule has 42 heavy (non-hydrogen) atoms. The zero-order chi connectivity index (χ0) is 29.7. The number of unbranched alkanes of at least 4 members (excludes halogenated alkanes) is 1. The lowest BCUT2D eigenvalue weighted by Crippen LogP contribution is -3.00. The maximum atomic E-state index is 12.0. The molecule has 0 saturated carbocycles. The topological polar surface area (TPSA) is 83.1 Å². The van der Waals surface area contributed by atoms with Gasteiger partial charge >= 0.3 is 0 Å². The summed E-state index contributed by atoms with van der Waals surface area (Å²) in [5.74, 6) is 0.0908. The highest BCUT2D eigenvalue weighted by Crippen LogP contribution is 2.15. The lowest BCUT2D eigenvalue weighted by molar-refractivity contribution is -0.904. The summed E-state index contributed by atoms with van der Waals surface area (Å²) in [5, 5.41) is 2.93. The van der Waals surface area contributed by atoms with Crippen LogP contribution in [-0.2, 0) is 41.6 Å². The predicted octanol–water partition coefficient (Wildman–Crippen LogP) is -2.80. The van der Waals surface area contributed by atoms with Crippen LogP contribution in [0.5, 0.6) is 0 Å². The Morgan fingerprint density at radius 1 is 0.667 bits per heavy atom. The van der Waals surface area contributed by atoms with Crippen LogP contribution in [0.4, 0.5) is 0 Å². The number of amides is 1. The van der Waals surface area contributed by atoms with Gasteiger partial charge in [-0.05, 0) is 26.7 Å². The summed E-state index contributed by atoms with van der Waals surface area (Å²) in [7, 11) is 8.95. The second kappa shape index (κ2) is 25.4. The fourth-order valence-electron chi connectivity index (χ4n) is 4.49. The molecule has 246 valence electrons. The third-order valence-corrected chi connectivity index (χ3v) is 6.62. The van der Waals surface area contributed by atoms with Crippen LogP contribution in [0.1, 0.15) is 50.7 Å². The summed E-state index contributed by atoms with van der Waals surface area (Å²) in [4.78, 5) is 23.9. The molecule has 0 aliphatic carbocycles. The molecule has 0 atom stereocenters. The first-order chi connectivity index (χ1) is 19.1. The van der Waals surface area contributed by atoms with Gasteiger partial charge in [-0.2, -0.15) is 0 Å². The first-order valence-electron chi connectivity index (χ1n) is 14.9. The molecule has 0 heterocycles. The van der Waals surface area contributed by atoms with Crippen molar-refractivity contribution in [2.45, 2.75) is 52.6 Å². The molecule has 9 nitrogen and oxygen atoms in total. The van der Waals surface area contributed by atoms with E-state index >= 15 is 0 Å². The lowest BCUT2D eigenvalue weighted by Gasteiger charge is -2.31. The first-order valence-corrected chi connectivity index (χ1v) is 14.9. The molecule has 0 aromatic heterocycles. The number of carbonyl (C=O) groups is 2. The van der Waals surface area contributed by atoms with Gasteiger partial charge in [0.2, 0.25) is 5.91 Å². The zero-order valence-corrected chi connectivity index (χ0v) is 30.1. The normalized spacial score (nSPS) is 11.5. The summed E-state index contributed by atoms with van der Waals surface area (Å²) in [6.45, 7) is 12.0. The molecule has 0 unspecified atom stereocenters. The van der Waals surface area contributed by atoms with E-state index in [9.17, 15) is 9.59 Å². The number of ether oxygens (including phenoxy) is 4. The van der Waals surface area contributed by atoms with Gasteiger partial charge in [0.05, 0.1) is 67.7 Å². The van der Waals surface area contributed by atoms with Gasteiger partial charge in [0.25, 0.3) is 0 Å². The Morgan fingerprint density at radius 3 is 1.62 bits per heavy atom. The first kappa shape index (κ1) is 43.2. The number of hydrogen-bond donors (Lipinski definition) is 1. The molecule has 0 radical (unpaired) electrons. The van der Waals surface area contributed by atoms with E-state index in [1.54, 1.807) is 0 Å². The highest BCUT2D eigenvalue weighted by atomic mass is 79.9. The number of ketones is 1. The van der Waals surface area contributed by atoms with E-state index in [1.807, 2.05) is 13.8 Å². The van der Waals surface area contributed by atoms with Gasteiger partial charge in [-0.3, -0.25) is 9.59 Å². The van der Waals surface area contributed by atoms with Gasteiger partial charge in [-0.1, -0.05) is 24.3 Å². The number of halogens is 2. The molecule has 1 aromatic rings. The number of Topliss-reactive ketones (excluding diaryl/α,β-unsaturated/α-hetero) is 1. The fraction of sp³-hybridized carbons (Fsp3) is 0.742. The van der Waals surface area contributed by atoms with E-state index in [2.05, 4.69) is 57.8 Å². The van der Waals surface area contributed by atoms with E-state index in [0.29, 0.717) is 52.6 Å². The van der Waals surface area contributed by atoms with Crippen molar-refractivity contribution >= 4 is 11.7 Å². The molecule has 0 saturated heterocycles. The summed E-state index contributed by atoms with van der Waals surface area (Å²) in [6.07, 6.45) is 3.40.